The van der Waals surface area contributed by atoms with Gasteiger partial charge in [0.25, 0.3) is 0 Å². The van der Waals surface area contributed by atoms with Gasteiger partial charge in [-0.2, -0.15) is 0 Å². The molecule has 140 valence electrons. The van der Waals surface area contributed by atoms with E-state index in [-0.39, 0.29) is 18.8 Å². The zero-order valence-corrected chi connectivity index (χ0v) is 18.6. The third kappa shape index (κ3) is 6.03. The maximum atomic E-state index is 12.2. The molecule has 0 aliphatic carbocycles. The van der Waals surface area contributed by atoms with Crippen LogP contribution in [0.2, 0.25) is 0 Å². The van der Waals surface area contributed by atoms with Gasteiger partial charge in [0.05, 0.1) is 17.7 Å². The average Bonchev–Trinajstić information content (AvgIpc) is 2.64. The molecule has 6 nitrogen and oxygen atoms in total. The minimum atomic E-state index is -0.414. The number of rotatable bonds is 8. The lowest BCUT2D eigenvalue weighted by atomic mass is 10.0. The van der Waals surface area contributed by atoms with E-state index >= 15 is 0 Å². The second-order valence-electron chi connectivity index (χ2n) is 5.77. The molecule has 8 heteroatoms. The van der Waals surface area contributed by atoms with Gasteiger partial charge in [0, 0.05) is 0 Å². The fraction of sp³-hybridized carbons (Fsp3) is 0.333. The van der Waals surface area contributed by atoms with Crippen LogP contribution in [0.1, 0.15) is 34.6 Å². The molecule has 0 saturated heterocycles. The Balaban J connectivity index is 2.12. The van der Waals surface area contributed by atoms with Crippen molar-refractivity contribution in [3.63, 3.8) is 0 Å². The summed E-state index contributed by atoms with van der Waals surface area (Å²) in [6.07, 6.45) is -0.505. The van der Waals surface area contributed by atoms with Crippen LogP contribution in [0.5, 0.6) is 0 Å². The summed E-state index contributed by atoms with van der Waals surface area (Å²) in [6, 6.07) is 10.4. The molecule has 0 amide bonds. The van der Waals surface area contributed by atoms with Crippen molar-refractivity contribution in [2.75, 3.05) is 13.2 Å². The predicted octanol–water partition coefficient (Wildman–Crippen LogP) is 4.66. The molecular weight excluding hydrogens is 566 g/mol. The molecule has 0 aliphatic heterocycles. The largest absolute Gasteiger partial charge is 0.459 e. The summed E-state index contributed by atoms with van der Waals surface area (Å²) in [7, 11) is 0. The zero-order valence-electron chi connectivity index (χ0n) is 14.2. The van der Waals surface area contributed by atoms with E-state index in [1.807, 2.05) is 6.92 Å². The minimum Gasteiger partial charge on any atom is -0.459 e. The first-order valence-corrected chi connectivity index (χ1v) is 9.63. The molecule has 0 saturated carbocycles. The highest BCUT2D eigenvalue weighted by atomic mass is 127. The van der Waals surface area contributed by atoms with Gasteiger partial charge in [-0.05, 0) is 48.9 Å². The lowest BCUT2D eigenvalue weighted by molar-refractivity contribution is 0.0268. The average molecular weight is 584 g/mol. The van der Waals surface area contributed by atoms with Gasteiger partial charge >= 0.3 is 11.9 Å². The van der Waals surface area contributed by atoms with Crippen LogP contribution < -0.4 is 0 Å². The standard InChI is InChI=1S/C18H18I2O6/c1-11(10-24-19)25-18(22)16-6-4-13-7-15(5-3-14(13)8-16)17(21)23-9-12(2)26-20/h3-8,11-12H,9-10H2,1-2H3. The van der Waals surface area contributed by atoms with Crippen LogP contribution >= 0.6 is 46.0 Å². The summed E-state index contributed by atoms with van der Waals surface area (Å²) in [4.78, 5) is 24.3. The lowest BCUT2D eigenvalue weighted by Gasteiger charge is -2.12. The summed E-state index contributed by atoms with van der Waals surface area (Å²) in [5.74, 6) is -0.826. The Morgan fingerprint density at radius 2 is 1.46 bits per heavy atom. The van der Waals surface area contributed by atoms with Gasteiger partial charge in [0.2, 0.25) is 0 Å². The number of ether oxygens (including phenoxy) is 2. The number of esters is 2. The second kappa shape index (κ2) is 10.4. The maximum absolute atomic E-state index is 12.2. The van der Waals surface area contributed by atoms with Crippen LogP contribution in [0.25, 0.3) is 10.8 Å². The molecule has 0 aromatic heterocycles. The third-order valence-corrected chi connectivity index (χ3v) is 4.75. The van der Waals surface area contributed by atoms with Gasteiger partial charge in [0.15, 0.2) is 0 Å². The molecule has 0 spiro atoms. The quantitative estimate of drug-likeness (QED) is 0.332. The number of fused-ring (bicyclic) bond motifs is 1. The monoisotopic (exact) mass is 584 g/mol. The predicted molar refractivity (Wildman–Crippen MR) is 114 cm³/mol. The van der Waals surface area contributed by atoms with Crippen LogP contribution in [0, 0.1) is 0 Å². The number of hydrogen-bond acceptors (Lipinski definition) is 6. The first-order chi connectivity index (χ1) is 12.4. The molecule has 0 aliphatic rings. The molecular formula is C18H18I2O6. The van der Waals surface area contributed by atoms with Gasteiger partial charge < -0.3 is 15.6 Å². The van der Waals surface area contributed by atoms with Crippen molar-refractivity contribution in [2.24, 2.45) is 0 Å². The second-order valence-corrected chi connectivity index (χ2v) is 6.90. The molecule has 2 unspecified atom stereocenters. The molecule has 2 aromatic carbocycles. The van der Waals surface area contributed by atoms with Crippen LogP contribution in [0.3, 0.4) is 0 Å². The highest BCUT2D eigenvalue weighted by molar-refractivity contribution is 14.1. The Morgan fingerprint density at radius 3 is 2.00 bits per heavy atom. The zero-order chi connectivity index (χ0) is 19.1. The van der Waals surface area contributed by atoms with Crippen molar-refractivity contribution in [1.82, 2.24) is 0 Å². The number of hydrogen-bond donors (Lipinski definition) is 0. The molecule has 2 aromatic rings. The van der Waals surface area contributed by atoms with E-state index in [9.17, 15) is 9.59 Å². The third-order valence-electron chi connectivity index (χ3n) is 3.52. The fourth-order valence-corrected chi connectivity index (χ4v) is 2.83. The fourth-order valence-electron chi connectivity index (χ4n) is 2.18. The summed E-state index contributed by atoms with van der Waals surface area (Å²) in [6.45, 7) is 4.09. The Hall–Kier alpha value is -0.980. The molecule has 2 rings (SSSR count). The SMILES string of the molecule is CC(COC(=O)c1ccc2cc(C(=O)OC(C)COI)ccc2c1)OI. The van der Waals surface area contributed by atoms with Crippen LogP contribution in [0.15, 0.2) is 36.4 Å². The number of benzene rings is 2. The van der Waals surface area contributed by atoms with Crippen molar-refractivity contribution in [2.45, 2.75) is 26.1 Å². The summed E-state index contributed by atoms with van der Waals surface area (Å²) in [5, 5.41) is 1.66. The number of carbonyl (C=O) groups excluding carboxylic acids is 2. The van der Waals surface area contributed by atoms with E-state index in [1.165, 1.54) is 0 Å². The lowest BCUT2D eigenvalue weighted by Crippen LogP contribution is -2.18. The summed E-state index contributed by atoms with van der Waals surface area (Å²) < 4.78 is 20.5. The first-order valence-electron chi connectivity index (χ1n) is 7.87. The Morgan fingerprint density at radius 1 is 0.885 bits per heavy atom. The molecule has 0 heterocycles. The van der Waals surface area contributed by atoms with Crippen molar-refractivity contribution < 1.29 is 25.2 Å². The summed E-state index contributed by atoms with van der Waals surface area (Å²) >= 11 is 3.53. The van der Waals surface area contributed by atoms with Crippen molar-refractivity contribution in [1.29, 1.82) is 0 Å². The van der Waals surface area contributed by atoms with Gasteiger partial charge in [-0.25, -0.2) is 9.59 Å². The molecule has 0 N–H and O–H groups in total. The minimum absolute atomic E-state index is 0.173. The molecule has 0 radical (unpaired) electrons. The van der Waals surface area contributed by atoms with E-state index in [2.05, 4.69) is 0 Å². The summed E-state index contributed by atoms with van der Waals surface area (Å²) in [5.41, 5.74) is 0.891. The van der Waals surface area contributed by atoms with Gasteiger partial charge in [0.1, 0.15) is 64.8 Å². The molecule has 2 atom stereocenters. The molecule has 0 fully saturated rings. The van der Waals surface area contributed by atoms with Crippen molar-refractivity contribution in [3.05, 3.63) is 47.5 Å². The molecule has 0 bridgehead atoms. The van der Waals surface area contributed by atoms with Crippen LogP contribution in [-0.4, -0.2) is 37.4 Å². The van der Waals surface area contributed by atoms with E-state index in [0.717, 1.165) is 10.8 Å². The molecule has 26 heavy (non-hydrogen) atoms. The Kier molecular flexibility index (Phi) is 8.51. The first kappa shape index (κ1) is 21.3. The van der Waals surface area contributed by atoms with Crippen LogP contribution in [0.4, 0.5) is 0 Å². The van der Waals surface area contributed by atoms with Crippen molar-refractivity contribution >= 4 is 68.7 Å². The van der Waals surface area contributed by atoms with E-state index in [0.29, 0.717) is 17.7 Å². The van der Waals surface area contributed by atoms with E-state index < -0.39 is 11.9 Å². The number of carbonyl (C=O) groups is 2. The Bertz CT molecular complexity index is 779. The highest BCUT2D eigenvalue weighted by Gasteiger charge is 2.14. The normalized spacial score (nSPS) is 13.2. The van der Waals surface area contributed by atoms with Gasteiger partial charge in [-0.1, -0.05) is 12.1 Å². The Labute approximate surface area is 179 Å². The van der Waals surface area contributed by atoms with E-state index in [4.69, 9.17) is 15.6 Å². The topological polar surface area (TPSA) is 71.1 Å². The maximum Gasteiger partial charge on any atom is 0.338 e. The highest BCUT2D eigenvalue weighted by Crippen LogP contribution is 2.20. The van der Waals surface area contributed by atoms with Gasteiger partial charge in [-0.3, -0.25) is 0 Å². The number of halogens is 2. The van der Waals surface area contributed by atoms with Gasteiger partial charge in [-0.15, -0.1) is 0 Å². The smallest absolute Gasteiger partial charge is 0.338 e. The van der Waals surface area contributed by atoms with Crippen LogP contribution in [-0.2, 0) is 15.6 Å². The van der Waals surface area contributed by atoms with Crippen molar-refractivity contribution in [3.8, 4) is 0 Å². The van der Waals surface area contributed by atoms with E-state index in [1.54, 1.807) is 89.3 Å².